The first-order valence-corrected chi connectivity index (χ1v) is 7.82. The molecule has 1 heterocycles. The topological polar surface area (TPSA) is 80.6 Å². The van der Waals surface area contributed by atoms with Crippen LogP contribution in [0.2, 0.25) is 5.02 Å². The number of ether oxygens (including phenoxy) is 1. The van der Waals surface area contributed by atoms with Gasteiger partial charge in [-0.3, -0.25) is 9.59 Å². The van der Waals surface area contributed by atoms with E-state index in [9.17, 15) is 14.7 Å². The highest BCUT2D eigenvalue weighted by Crippen LogP contribution is 2.20. The molecule has 0 aliphatic carbocycles. The lowest BCUT2D eigenvalue weighted by Crippen LogP contribution is -2.38. The number of aryl methyl sites for hydroxylation is 1. The third kappa shape index (κ3) is 5.40. The van der Waals surface area contributed by atoms with E-state index in [1.807, 2.05) is 6.92 Å². The zero-order valence-corrected chi connectivity index (χ0v) is 14.0. The van der Waals surface area contributed by atoms with Gasteiger partial charge >= 0.3 is 0 Å². The van der Waals surface area contributed by atoms with Gasteiger partial charge in [-0.1, -0.05) is 17.7 Å². The number of hydrogen-bond acceptors (Lipinski definition) is 4. The summed E-state index contributed by atoms with van der Waals surface area (Å²) < 4.78 is 6.74. The predicted octanol–water partition coefficient (Wildman–Crippen LogP) is 1.37. The summed E-state index contributed by atoms with van der Waals surface area (Å²) in [6, 6.07) is 9.86. The van der Waals surface area contributed by atoms with Crippen molar-refractivity contribution in [1.29, 1.82) is 0 Å². The molecule has 128 valence electrons. The Morgan fingerprint density at radius 3 is 2.88 bits per heavy atom. The molecule has 1 aromatic carbocycles. The highest BCUT2D eigenvalue weighted by atomic mass is 35.5. The van der Waals surface area contributed by atoms with Gasteiger partial charge in [-0.25, -0.2) is 0 Å². The Kier molecular flexibility index (Phi) is 6.40. The van der Waals surface area contributed by atoms with Gasteiger partial charge in [-0.2, -0.15) is 0 Å². The molecule has 7 heteroatoms. The number of amides is 1. The minimum atomic E-state index is -0.863. The van der Waals surface area contributed by atoms with Gasteiger partial charge in [-0.05, 0) is 36.8 Å². The van der Waals surface area contributed by atoms with Crippen LogP contribution in [-0.2, 0) is 11.3 Å². The first-order valence-electron chi connectivity index (χ1n) is 7.45. The number of pyridine rings is 1. The molecule has 1 amide bonds. The van der Waals surface area contributed by atoms with Crippen LogP contribution in [0.15, 0.2) is 47.4 Å². The van der Waals surface area contributed by atoms with Crippen LogP contribution in [-0.4, -0.2) is 34.8 Å². The average molecular weight is 351 g/mol. The van der Waals surface area contributed by atoms with Crippen LogP contribution in [0, 0.1) is 6.92 Å². The van der Waals surface area contributed by atoms with E-state index in [2.05, 4.69) is 5.32 Å². The van der Waals surface area contributed by atoms with Crippen LogP contribution in [0.3, 0.4) is 0 Å². The van der Waals surface area contributed by atoms with Crippen LogP contribution in [0.1, 0.15) is 5.56 Å². The van der Waals surface area contributed by atoms with Gasteiger partial charge in [0.2, 0.25) is 5.91 Å². The number of rotatable bonds is 7. The van der Waals surface area contributed by atoms with E-state index >= 15 is 0 Å². The van der Waals surface area contributed by atoms with Gasteiger partial charge in [0.1, 0.15) is 25.0 Å². The van der Waals surface area contributed by atoms with E-state index in [1.165, 1.54) is 16.8 Å². The maximum atomic E-state index is 11.8. The van der Waals surface area contributed by atoms with Crippen molar-refractivity contribution in [3.05, 3.63) is 63.5 Å². The Hall–Kier alpha value is -2.31. The summed E-state index contributed by atoms with van der Waals surface area (Å²) in [5.74, 6) is 0.239. The lowest BCUT2D eigenvalue weighted by Gasteiger charge is -2.14. The molecule has 6 nitrogen and oxygen atoms in total. The zero-order valence-electron chi connectivity index (χ0n) is 13.2. The number of carbonyl (C=O) groups is 1. The van der Waals surface area contributed by atoms with Crippen molar-refractivity contribution >= 4 is 17.5 Å². The summed E-state index contributed by atoms with van der Waals surface area (Å²) in [6.07, 6.45) is 0.669. The number of halogens is 1. The van der Waals surface area contributed by atoms with Crippen molar-refractivity contribution < 1.29 is 14.6 Å². The van der Waals surface area contributed by atoms with Crippen LogP contribution in [0.25, 0.3) is 0 Å². The Labute approximate surface area is 144 Å². The molecule has 0 fully saturated rings. The molecule has 2 rings (SSSR count). The molecule has 0 saturated heterocycles. The molecule has 0 saturated carbocycles. The lowest BCUT2D eigenvalue weighted by molar-refractivity contribution is -0.122. The molecule has 1 aromatic heterocycles. The summed E-state index contributed by atoms with van der Waals surface area (Å²) >= 11 is 5.93. The van der Waals surface area contributed by atoms with Gasteiger partial charge in [0.15, 0.2) is 0 Å². The molecule has 0 aliphatic heterocycles. The van der Waals surface area contributed by atoms with E-state index in [-0.39, 0.29) is 31.2 Å². The molecule has 0 aliphatic rings. The number of carbonyl (C=O) groups excluding carboxylic acids is 1. The Balaban J connectivity index is 1.75. The number of aliphatic hydroxyl groups is 1. The van der Waals surface area contributed by atoms with Crippen molar-refractivity contribution in [2.45, 2.75) is 19.6 Å². The third-order valence-electron chi connectivity index (χ3n) is 3.32. The van der Waals surface area contributed by atoms with E-state index in [1.54, 1.807) is 30.3 Å². The van der Waals surface area contributed by atoms with Gasteiger partial charge < -0.3 is 19.7 Å². The second kappa shape index (κ2) is 8.52. The summed E-state index contributed by atoms with van der Waals surface area (Å²) in [5, 5.41) is 13.1. The molecule has 2 N–H and O–H groups in total. The summed E-state index contributed by atoms with van der Waals surface area (Å²) in [6.45, 7) is 1.83. The Morgan fingerprint density at radius 2 is 2.17 bits per heavy atom. The fraction of sp³-hybridized carbons (Fsp3) is 0.294. The minimum absolute atomic E-state index is 0.0344. The molecule has 2 aromatic rings. The fourth-order valence-electron chi connectivity index (χ4n) is 1.99. The van der Waals surface area contributed by atoms with Crippen molar-refractivity contribution in [2.24, 2.45) is 0 Å². The van der Waals surface area contributed by atoms with Crippen molar-refractivity contribution in [3.8, 4) is 5.75 Å². The van der Waals surface area contributed by atoms with E-state index < -0.39 is 6.10 Å². The van der Waals surface area contributed by atoms with E-state index in [4.69, 9.17) is 16.3 Å². The monoisotopic (exact) mass is 350 g/mol. The van der Waals surface area contributed by atoms with Gasteiger partial charge in [0.25, 0.3) is 5.56 Å². The molecule has 0 spiro atoms. The Bertz CT molecular complexity index is 760. The maximum absolute atomic E-state index is 11.8. The molecule has 24 heavy (non-hydrogen) atoms. The third-order valence-corrected chi connectivity index (χ3v) is 3.74. The predicted molar refractivity (Wildman–Crippen MR) is 91.4 cm³/mol. The number of hydrogen-bond donors (Lipinski definition) is 2. The summed E-state index contributed by atoms with van der Waals surface area (Å²) in [7, 11) is 0. The van der Waals surface area contributed by atoms with Crippen LogP contribution in [0.4, 0.5) is 0 Å². The van der Waals surface area contributed by atoms with E-state index in [0.717, 1.165) is 5.56 Å². The first-order chi connectivity index (χ1) is 11.5. The smallest absolute Gasteiger partial charge is 0.250 e. The molecule has 1 unspecified atom stereocenters. The van der Waals surface area contributed by atoms with Crippen LogP contribution in [0.5, 0.6) is 5.75 Å². The summed E-state index contributed by atoms with van der Waals surface area (Å²) in [4.78, 5) is 23.3. The van der Waals surface area contributed by atoms with Crippen LogP contribution < -0.4 is 15.6 Å². The number of aliphatic hydroxyl groups excluding tert-OH is 1. The largest absolute Gasteiger partial charge is 0.491 e. The number of nitrogens with one attached hydrogen (secondary N) is 1. The van der Waals surface area contributed by atoms with Gasteiger partial charge in [-0.15, -0.1) is 0 Å². The van der Waals surface area contributed by atoms with Gasteiger partial charge in [0, 0.05) is 23.8 Å². The van der Waals surface area contributed by atoms with Crippen molar-refractivity contribution in [1.82, 2.24) is 9.88 Å². The van der Waals surface area contributed by atoms with Crippen LogP contribution >= 0.6 is 11.6 Å². The molecular weight excluding hydrogens is 332 g/mol. The average Bonchev–Trinajstić information content (AvgIpc) is 2.56. The molecule has 1 atom stereocenters. The van der Waals surface area contributed by atoms with Crippen molar-refractivity contribution in [2.75, 3.05) is 13.2 Å². The van der Waals surface area contributed by atoms with E-state index in [0.29, 0.717) is 10.8 Å². The zero-order chi connectivity index (χ0) is 17.5. The van der Waals surface area contributed by atoms with Crippen molar-refractivity contribution in [3.63, 3.8) is 0 Å². The summed E-state index contributed by atoms with van der Waals surface area (Å²) in [5.41, 5.74) is 0.625. The quantitative estimate of drug-likeness (QED) is 0.790. The highest BCUT2D eigenvalue weighted by molar-refractivity contribution is 6.31. The molecular formula is C17H19ClN2O4. The number of aromatic nitrogens is 1. The number of benzene rings is 1. The highest BCUT2D eigenvalue weighted by Gasteiger charge is 2.09. The standard InChI is InChI=1S/C17H19ClN2O4/c1-12-8-14(5-6-15(12)18)24-11-13(21)9-19-16(22)10-20-7-3-2-4-17(20)23/h2-8,13,21H,9-11H2,1H3,(H,19,22). The molecule has 0 radical (unpaired) electrons. The molecule has 0 bridgehead atoms. The minimum Gasteiger partial charge on any atom is -0.491 e. The lowest BCUT2D eigenvalue weighted by atomic mass is 10.2. The number of nitrogens with zero attached hydrogens (tertiary/aromatic N) is 1. The first kappa shape index (κ1) is 18.0. The normalized spacial score (nSPS) is 11.8. The maximum Gasteiger partial charge on any atom is 0.250 e. The second-order valence-corrected chi connectivity index (χ2v) is 5.75. The Morgan fingerprint density at radius 1 is 1.38 bits per heavy atom. The fourth-order valence-corrected chi connectivity index (χ4v) is 2.11. The second-order valence-electron chi connectivity index (χ2n) is 5.35. The van der Waals surface area contributed by atoms with Gasteiger partial charge in [0.05, 0.1) is 0 Å². The SMILES string of the molecule is Cc1cc(OCC(O)CNC(=O)Cn2ccccc2=O)ccc1Cl.